The van der Waals surface area contributed by atoms with Crippen molar-refractivity contribution in [2.75, 3.05) is 18.5 Å². The van der Waals surface area contributed by atoms with Crippen LogP contribution in [-0.4, -0.2) is 19.1 Å². The minimum absolute atomic E-state index is 0.138. The van der Waals surface area contributed by atoms with Crippen LogP contribution in [0.3, 0.4) is 0 Å². The van der Waals surface area contributed by atoms with E-state index < -0.39 is 5.92 Å². The molecule has 0 radical (unpaired) electrons. The quantitative estimate of drug-likeness (QED) is 0.605. The van der Waals surface area contributed by atoms with Crippen molar-refractivity contribution in [3.63, 3.8) is 0 Å². The molecule has 5 rings (SSSR count). The van der Waals surface area contributed by atoms with Crippen LogP contribution in [0.2, 0.25) is 0 Å². The van der Waals surface area contributed by atoms with E-state index in [9.17, 15) is 4.79 Å². The second kappa shape index (κ2) is 6.87. The maximum absolute atomic E-state index is 13.4. The molecule has 0 spiro atoms. The number of ether oxygens (including phenoxy) is 3. The number of hydrogen-bond donors (Lipinski definition) is 1. The molecule has 0 saturated carbocycles. The average Bonchev–Trinajstić information content (AvgIpc) is 2.72. The molecule has 140 valence electrons. The Bertz CT molecular complexity index is 1040. The lowest BCUT2D eigenvalue weighted by atomic mass is 9.87. The van der Waals surface area contributed by atoms with Crippen LogP contribution in [0.5, 0.6) is 23.0 Å². The Labute approximate surface area is 170 Å². The number of carbonyl (C=O) groups excluding carboxylic acids is 1. The van der Waals surface area contributed by atoms with Crippen molar-refractivity contribution in [1.29, 1.82) is 0 Å². The summed E-state index contributed by atoms with van der Waals surface area (Å²) in [6.07, 6.45) is 0. The molecule has 1 N–H and O–H groups in total. The second-order valence-corrected chi connectivity index (χ2v) is 7.43. The molecule has 0 unspecified atom stereocenters. The van der Waals surface area contributed by atoms with Crippen molar-refractivity contribution in [1.82, 2.24) is 0 Å². The topological polar surface area (TPSA) is 56.8 Å². The molecular formula is C22H16BrNO4. The van der Waals surface area contributed by atoms with E-state index in [0.29, 0.717) is 41.9 Å². The fourth-order valence-corrected chi connectivity index (χ4v) is 3.98. The summed E-state index contributed by atoms with van der Waals surface area (Å²) in [5, 5.41) is 3.03. The van der Waals surface area contributed by atoms with Gasteiger partial charge in [-0.25, -0.2) is 0 Å². The SMILES string of the molecule is O=C(Nc1cc2c(cc1Br)OCCO2)C1c2ccccc2Oc2ccccc21. The van der Waals surface area contributed by atoms with Gasteiger partial charge in [-0.1, -0.05) is 36.4 Å². The summed E-state index contributed by atoms with van der Waals surface area (Å²) in [6.45, 7) is 1.00. The highest BCUT2D eigenvalue weighted by atomic mass is 79.9. The number of amides is 1. The molecule has 6 heteroatoms. The molecule has 3 aromatic rings. The van der Waals surface area contributed by atoms with E-state index in [4.69, 9.17) is 14.2 Å². The number of para-hydroxylation sites is 2. The molecule has 0 fully saturated rings. The summed E-state index contributed by atoms with van der Waals surface area (Å²) in [4.78, 5) is 13.4. The summed E-state index contributed by atoms with van der Waals surface area (Å²) in [5.74, 6) is 2.07. The zero-order valence-electron chi connectivity index (χ0n) is 14.8. The standard InChI is InChI=1S/C22H16BrNO4/c23-15-11-19-20(27-10-9-26-19)12-16(15)24-22(25)21-13-5-1-3-7-17(13)28-18-8-4-2-6-14(18)21/h1-8,11-12,21H,9-10H2,(H,24,25). The van der Waals surface area contributed by atoms with Gasteiger partial charge in [-0.3, -0.25) is 4.79 Å². The van der Waals surface area contributed by atoms with E-state index in [1.807, 2.05) is 54.6 Å². The Balaban J connectivity index is 1.53. The van der Waals surface area contributed by atoms with E-state index in [2.05, 4.69) is 21.2 Å². The number of halogens is 1. The molecule has 0 saturated heterocycles. The molecule has 0 aliphatic carbocycles. The summed E-state index contributed by atoms with van der Waals surface area (Å²) in [7, 11) is 0. The largest absolute Gasteiger partial charge is 0.486 e. The average molecular weight is 438 g/mol. The summed E-state index contributed by atoms with van der Waals surface area (Å²) < 4.78 is 17.9. The van der Waals surface area contributed by atoms with Gasteiger partial charge in [-0.15, -0.1) is 0 Å². The highest BCUT2D eigenvalue weighted by Gasteiger charge is 2.32. The lowest BCUT2D eigenvalue weighted by Crippen LogP contribution is -2.25. The first kappa shape index (κ1) is 17.1. The summed E-state index contributed by atoms with van der Waals surface area (Å²) in [6, 6.07) is 18.8. The minimum atomic E-state index is -0.471. The van der Waals surface area contributed by atoms with Gasteiger partial charge in [0, 0.05) is 27.7 Å². The molecule has 2 heterocycles. The number of carbonyl (C=O) groups is 1. The predicted octanol–water partition coefficient (Wildman–Crippen LogP) is 5.10. The number of rotatable bonds is 2. The molecule has 0 atom stereocenters. The van der Waals surface area contributed by atoms with Crippen molar-refractivity contribution in [3.8, 4) is 23.0 Å². The predicted molar refractivity (Wildman–Crippen MR) is 109 cm³/mol. The van der Waals surface area contributed by atoms with Gasteiger partial charge in [0.1, 0.15) is 24.7 Å². The number of hydrogen-bond acceptors (Lipinski definition) is 4. The third-order valence-corrected chi connectivity index (χ3v) is 5.49. The molecular weight excluding hydrogens is 422 g/mol. The minimum Gasteiger partial charge on any atom is -0.486 e. The smallest absolute Gasteiger partial charge is 0.236 e. The van der Waals surface area contributed by atoms with Crippen molar-refractivity contribution in [2.45, 2.75) is 5.92 Å². The molecule has 2 aliphatic rings. The van der Waals surface area contributed by atoms with Gasteiger partial charge in [0.2, 0.25) is 5.91 Å². The lowest BCUT2D eigenvalue weighted by molar-refractivity contribution is -0.116. The number of nitrogens with one attached hydrogen (secondary N) is 1. The Morgan fingerprint density at radius 2 is 1.43 bits per heavy atom. The van der Waals surface area contributed by atoms with Crippen LogP contribution in [0.25, 0.3) is 0 Å². The van der Waals surface area contributed by atoms with Gasteiger partial charge in [0.15, 0.2) is 11.5 Å². The summed E-state index contributed by atoms with van der Waals surface area (Å²) >= 11 is 3.52. The van der Waals surface area contributed by atoms with Gasteiger partial charge >= 0.3 is 0 Å². The first-order chi connectivity index (χ1) is 13.7. The van der Waals surface area contributed by atoms with Crippen molar-refractivity contribution in [2.24, 2.45) is 0 Å². The highest BCUT2D eigenvalue weighted by molar-refractivity contribution is 9.10. The Kier molecular flexibility index (Phi) is 4.20. The second-order valence-electron chi connectivity index (χ2n) is 6.58. The third-order valence-electron chi connectivity index (χ3n) is 4.83. The van der Waals surface area contributed by atoms with Crippen LogP contribution in [-0.2, 0) is 4.79 Å². The molecule has 1 amide bonds. The normalized spacial score (nSPS) is 14.5. The van der Waals surface area contributed by atoms with Gasteiger partial charge in [0.05, 0.1) is 11.6 Å². The van der Waals surface area contributed by atoms with Crippen LogP contribution >= 0.6 is 15.9 Å². The van der Waals surface area contributed by atoms with Crippen molar-refractivity contribution >= 4 is 27.5 Å². The van der Waals surface area contributed by atoms with E-state index >= 15 is 0 Å². The Hall–Kier alpha value is -2.99. The number of anilines is 1. The summed E-state index contributed by atoms with van der Waals surface area (Å²) in [5.41, 5.74) is 2.32. The molecule has 5 nitrogen and oxygen atoms in total. The van der Waals surface area contributed by atoms with E-state index in [1.54, 1.807) is 6.07 Å². The third kappa shape index (κ3) is 2.90. The highest BCUT2D eigenvalue weighted by Crippen LogP contribution is 2.45. The molecule has 2 aliphatic heterocycles. The van der Waals surface area contributed by atoms with Crippen LogP contribution < -0.4 is 19.5 Å². The van der Waals surface area contributed by atoms with Crippen LogP contribution in [0.4, 0.5) is 5.69 Å². The Morgan fingerprint density at radius 3 is 2.07 bits per heavy atom. The van der Waals surface area contributed by atoms with Gasteiger partial charge in [-0.2, -0.15) is 0 Å². The fourth-order valence-electron chi connectivity index (χ4n) is 3.56. The number of benzene rings is 3. The first-order valence-corrected chi connectivity index (χ1v) is 9.76. The zero-order valence-corrected chi connectivity index (χ0v) is 16.4. The van der Waals surface area contributed by atoms with E-state index in [0.717, 1.165) is 15.6 Å². The fraction of sp³-hybridized carbons (Fsp3) is 0.136. The number of fused-ring (bicyclic) bond motifs is 3. The molecule has 0 aromatic heterocycles. The lowest BCUT2D eigenvalue weighted by Gasteiger charge is -2.27. The first-order valence-electron chi connectivity index (χ1n) is 8.96. The molecule has 3 aromatic carbocycles. The van der Waals surface area contributed by atoms with Crippen LogP contribution in [0.1, 0.15) is 17.0 Å². The van der Waals surface area contributed by atoms with Crippen molar-refractivity contribution < 1.29 is 19.0 Å². The Morgan fingerprint density at radius 1 is 0.857 bits per heavy atom. The zero-order chi connectivity index (χ0) is 19.1. The van der Waals surface area contributed by atoms with Crippen LogP contribution in [0, 0.1) is 0 Å². The van der Waals surface area contributed by atoms with Gasteiger partial charge < -0.3 is 19.5 Å². The van der Waals surface area contributed by atoms with Gasteiger partial charge in [-0.05, 0) is 28.1 Å². The van der Waals surface area contributed by atoms with Gasteiger partial charge in [0.25, 0.3) is 0 Å². The van der Waals surface area contributed by atoms with Crippen LogP contribution in [0.15, 0.2) is 65.1 Å². The van der Waals surface area contributed by atoms with E-state index in [-0.39, 0.29) is 5.91 Å². The molecule has 0 bridgehead atoms. The monoisotopic (exact) mass is 437 g/mol. The maximum atomic E-state index is 13.4. The molecule has 28 heavy (non-hydrogen) atoms. The maximum Gasteiger partial charge on any atom is 0.236 e. The van der Waals surface area contributed by atoms with Crippen molar-refractivity contribution in [3.05, 3.63) is 76.3 Å². The van der Waals surface area contributed by atoms with E-state index in [1.165, 1.54) is 0 Å².